The van der Waals surface area contributed by atoms with Crippen LogP contribution in [-0.4, -0.2) is 54.1 Å². The molecule has 22 heavy (non-hydrogen) atoms. The number of carbonyl (C=O) groups excluding carboxylic acids is 2. The van der Waals surface area contributed by atoms with E-state index in [1.54, 1.807) is 24.3 Å². The summed E-state index contributed by atoms with van der Waals surface area (Å²) in [6.07, 6.45) is 0. The van der Waals surface area contributed by atoms with Crippen molar-refractivity contribution in [2.24, 2.45) is 0 Å². The zero-order valence-corrected chi connectivity index (χ0v) is 12.6. The highest BCUT2D eigenvalue weighted by atomic mass is 32.2. The maximum absolute atomic E-state index is 11.9. The van der Waals surface area contributed by atoms with Gasteiger partial charge in [0.05, 0.1) is 11.4 Å². The Hall–Kier alpha value is -2.22. The number of thioether (sulfide) groups is 1. The average molecular weight is 324 g/mol. The van der Waals surface area contributed by atoms with Gasteiger partial charge < -0.3 is 15.2 Å². The van der Waals surface area contributed by atoms with Gasteiger partial charge in [0.25, 0.3) is 5.91 Å². The topological polar surface area (TPSA) is 95.9 Å². The van der Waals surface area contributed by atoms with E-state index in [0.717, 1.165) is 0 Å². The molecule has 0 aromatic heterocycles. The van der Waals surface area contributed by atoms with Crippen LogP contribution in [0.15, 0.2) is 24.3 Å². The maximum atomic E-state index is 11.9. The highest BCUT2D eigenvalue weighted by molar-refractivity contribution is 7.99. The summed E-state index contributed by atoms with van der Waals surface area (Å²) in [5, 5.41) is 11.2. The number of carboxylic acids is 1. The molecular formula is C14H16N2O5S. The van der Waals surface area contributed by atoms with Gasteiger partial charge in [0.2, 0.25) is 5.91 Å². The van der Waals surface area contributed by atoms with E-state index in [9.17, 15) is 14.4 Å². The number of nitrogens with one attached hydrogen (secondary N) is 1. The number of anilines is 1. The number of rotatable bonds is 7. The first-order valence-electron chi connectivity index (χ1n) is 6.66. The number of carbonyl (C=O) groups is 3. The van der Waals surface area contributed by atoms with E-state index >= 15 is 0 Å². The van der Waals surface area contributed by atoms with Crippen molar-refractivity contribution in [2.75, 3.05) is 36.1 Å². The summed E-state index contributed by atoms with van der Waals surface area (Å²) >= 11 is 1.22. The van der Waals surface area contributed by atoms with E-state index in [1.807, 2.05) is 0 Å². The molecule has 0 bridgehead atoms. The molecule has 1 aliphatic heterocycles. The van der Waals surface area contributed by atoms with Crippen LogP contribution in [0.25, 0.3) is 0 Å². The molecule has 0 radical (unpaired) electrons. The summed E-state index contributed by atoms with van der Waals surface area (Å²) < 4.78 is 5.30. The zero-order chi connectivity index (χ0) is 15.9. The van der Waals surface area contributed by atoms with Crippen molar-refractivity contribution >= 4 is 35.2 Å². The van der Waals surface area contributed by atoms with Crippen LogP contribution in [0.5, 0.6) is 5.75 Å². The van der Waals surface area contributed by atoms with Crippen LogP contribution in [-0.2, 0) is 14.4 Å². The lowest BCUT2D eigenvalue weighted by atomic mass is 10.2. The molecule has 0 fully saturated rings. The smallest absolute Gasteiger partial charge is 0.313 e. The number of hydrogen-bond acceptors (Lipinski definition) is 5. The van der Waals surface area contributed by atoms with Crippen molar-refractivity contribution in [1.29, 1.82) is 0 Å². The highest BCUT2D eigenvalue weighted by Crippen LogP contribution is 2.30. The fraction of sp³-hybridized carbons (Fsp3) is 0.357. The Morgan fingerprint density at radius 2 is 2.14 bits per heavy atom. The van der Waals surface area contributed by atoms with Crippen molar-refractivity contribution in [3.63, 3.8) is 0 Å². The molecule has 1 heterocycles. The van der Waals surface area contributed by atoms with E-state index in [2.05, 4.69) is 5.32 Å². The second-order valence-electron chi connectivity index (χ2n) is 4.53. The Morgan fingerprint density at radius 1 is 1.36 bits per heavy atom. The van der Waals surface area contributed by atoms with Crippen molar-refractivity contribution in [1.82, 2.24) is 5.32 Å². The summed E-state index contributed by atoms with van der Waals surface area (Å²) in [5.74, 6) is -0.356. The normalized spacial score (nSPS) is 13.3. The fourth-order valence-electron chi connectivity index (χ4n) is 1.95. The quantitative estimate of drug-likeness (QED) is 0.703. The number of carboxylic acid groups (broad SMARTS) is 1. The van der Waals surface area contributed by atoms with Crippen LogP contribution in [0.3, 0.4) is 0 Å². The number of aliphatic carboxylic acids is 1. The third kappa shape index (κ3) is 4.39. The number of amides is 2. The first kappa shape index (κ1) is 16.2. The van der Waals surface area contributed by atoms with Gasteiger partial charge in [0.15, 0.2) is 6.61 Å². The van der Waals surface area contributed by atoms with Gasteiger partial charge in [-0.1, -0.05) is 12.1 Å². The Balaban J connectivity index is 1.83. The van der Waals surface area contributed by atoms with Gasteiger partial charge in [-0.05, 0) is 12.1 Å². The summed E-state index contributed by atoms with van der Waals surface area (Å²) in [6, 6.07) is 7.04. The number of benzene rings is 1. The van der Waals surface area contributed by atoms with Crippen LogP contribution < -0.4 is 15.0 Å². The molecule has 8 heteroatoms. The van der Waals surface area contributed by atoms with Crippen LogP contribution in [0.1, 0.15) is 0 Å². The van der Waals surface area contributed by atoms with Gasteiger partial charge in [-0.15, -0.1) is 11.8 Å². The summed E-state index contributed by atoms with van der Waals surface area (Å²) in [6.45, 7) is 0.193. The van der Waals surface area contributed by atoms with Crippen molar-refractivity contribution in [3.8, 4) is 5.75 Å². The molecule has 118 valence electrons. The number of ether oxygens (including phenoxy) is 1. The van der Waals surface area contributed by atoms with Crippen LogP contribution in [0, 0.1) is 0 Å². The Bertz CT molecular complexity index is 578. The van der Waals surface area contributed by atoms with Crippen molar-refractivity contribution in [3.05, 3.63) is 24.3 Å². The summed E-state index contributed by atoms with van der Waals surface area (Å²) in [4.78, 5) is 35.5. The minimum Gasteiger partial charge on any atom is -0.482 e. The predicted molar refractivity (Wildman–Crippen MR) is 82.3 cm³/mol. The monoisotopic (exact) mass is 324 g/mol. The molecule has 0 aliphatic carbocycles. The first-order chi connectivity index (χ1) is 10.6. The molecule has 0 saturated carbocycles. The van der Waals surface area contributed by atoms with Gasteiger partial charge in [0, 0.05) is 12.3 Å². The third-order valence-corrected chi connectivity index (χ3v) is 3.85. The Kier molecular flexibility index (Phi) is 5.65. The zero-order valence-electron chi connectivity index (χ0n) is 11.8. The number of para-hydroxylation sites is 2. The minimum absolute atomic E-state index is 0.00515. The second kappa shape index (κ2) is 7.69. The third-order valence-electron chi connectivity index (χ3n) is 2.90. The first-order valence-corrected chi connectivity index (χ1v) is 7.82. The van der Waals surface area contributed by atoms with Gasteiger partial charge in [-0.3, -0.25) is 19.3 Å². The van der Waals surface area contributed by atoms with E-state index < -0.39 is 5.97 Å². The van der Waals surface area contributed by atoms with E-state index in [4.69, 9.17) is 9.84 Å². The predicted octanol–water partition coefficient (Wildman–Crippen LogP) is 0.346. The summed E-state index contributed by atoms with van der Waals surface area (Å²) in [5.41, 5.74) is 0.578. The van der Waals surface area contributed by atoms with Gasteiger partial charge in [-0.25, -0.2) is 0 Å². The lowest BCUT2D eigenvalue weighted by molar-refractivity contribution is -0.134. The van der Waals surface area contributed by atoms with Crippen LogP contribution in [0.2, 0.25) is 0 Å². The molecule has 2 rings (SSSR count). The average Bonchev–Trinajstić information content (AvgIpc) is 2.49. The second-order valence-corrected chi connectivity index (χ2v) is 5.64. The number of nitrogens with zero attached hydrogens (tertiary/aromatic N) is 1. The highest BCUT2D eigenvalue weighted by Gasteiger charge is 2.26. The molecule has 1 aromatic rings. The van der Waals surface area contributed by atoms with Gasteiger partial charge in [0.1, 0.15) is 12.3 Å². The van der Waals surface area contributed by atoms with Crippen molar-refractivity contribution < 1.29 is 24.2 Å². The van der Waals surface area contributed by atoms with E-state index in [1.165, 1.54) is 16.7 Å². The molecule has 1 aliphatic rings. The molecule has 0 atom stereocenters. The number of fused-ring (bicyclic) bond motifs is 1. The maximum Gasteiger partial charge on any atom is 0.313 e. The molecule has 1 aromatic carbocycles. The summed E-state index contributed by atoms with van der Waals surface area (Å²) in [7, 11) is 0. The Labute approximate surface area is 131 Å². The van der Waals surface area contributed by atoms with Crippen LogP contribution >= 0.6 is 11.8 Å². The molecule has 0 saturated heterocycles. The van der Waals surface area contributed by atoms with E-state index in [0.29, 0.717) is 23.7 Å². The largest absolute Gasteiger partial charge is 0.482 e. The molecule has 2 N–H and O–H groups in total. The standard InChI is InChI=1S/C14H16N2O5S/c17-12(15-5-6-22-9-14(19)20)7-16-10-3-1-2-4-11(10)21-8-13(16)18/h1-4H,5-9H2,(H,15,17)(H,19,20). The molecule has 0 spiro atoms. The van der Waals surface area contributed by atoms with Crippen molar-refractivity contribution in [2.45, 2.75) is 0 Å². The lowest BCUT2D eigenvalue weighted by Gasteiger charge is -2.28. The SMILES string of the molecule is O=C(O)CSCCNC(=O)CN1C(=O)COc2ccccc21. The van der Waals surface area contributed by atoms with E-state index in [-0.39, 0.29) is 30.7 Å². The van der Waals surface area contributed by atoms with Gasteiger partial charge >= 0.3 is 5.97 Å². The lowest BCUT2D eigenvalue weighted by Crippen LogP contribution is -2.45. The minimum atomic E-state index is -0.883. The van der Waals surface area contributed by atoms with Gasteiger partial charge in [-0.2, -0.15) is 0 Å². The molecule has 0 unspecified atom stereocenters. The van der Waals surface area contributed by atoms with Crippen LogP contribution in [0.4, 0.5) is 5.69 Å². The molecular weight excluding hydrogens is 308 g/mol. The molecule has 7 nitrogen and oxygen atoms in total. The Morgan fingerprint density at radius 3 is 2.91 bits per heavy atom. The number of hydrogen-bond donors (Lipinski definition) is 2. The molecule has 2 amide bonds. The fourth-order valence-corrected chi connectivity index (χ4v) is 2.51.